The van der Waals surface area contributed by atoms with Crippen LogP contribution in [0.2, 0.25) is 0 Å². The molecule has 0 heterocycles. The van der Waals surface area contributed by atoms with E-state index in [2.05, 4.69) is 24.3 Å². The summed E-state index contributed by atoms with van der Waals surface area (Å²) in [7, 11) is 0. The van der Waals surface area contributed by atoms with Gasteiger partial charge in [0.2, 0.25) is 11.8 Å². The molecule has 0 aromatic heterocycles. The van der Waals surface area contributed by atoms with E-state index in [1.165, 1.54) is 141 Å². The lowest BCUT2D eigenvalue weighted by atomic mass is 10.0. The number of carbonyl (C=O) groups excluding carboxylic acids is 2. The Balaban J connectivity index is 3.14. The van der Waals surface area contributed by atoms with Crippen LogP contribution in [-0.4, -0.2) is 11.8 Å². The van der Waals surface area contributed by atoms with Crippen LogP contribution in [0.25, 0.3) is 0 Å². The van der Waals surface area contributed by atoms with Crippen LogP contribution in [0.3, 0.4) is 0 Å². The number of allylic oxidation sites excluding steroid dienone is 4. The Hall–Kier alpha value is -1.58. The molecule has 0 saturated heterocycles. The van der Waals surface area contributed by atoms with Gasteiger partial charge in [0.05, 0.1) is 0 Å². The minimum absolute atomic E-state index is 0.166. The van der Waals surface area contributed by atoms with Gasteiger partial charge in [0.15, 0.2) is 0 Å². The fourth-order valence-corrected chi connectivity index (χ4v) is 4.95. The van der Waals surface area contributed by atoms with Crippen molar-refractivity contribution in [1.82, 2.24) is 0 Å². The highest BCUT2D eigenvalue weighted by Crippen LogP contribution is 2.14. The van der Waals surface area contributed by atoms with E-state index in [0.717, 1.165) is 25.7 Å². The summed E-state index contributed by atoms with van der Waals surface area (Å²) in [4.78, 5) is 21.4. The maximum atomic E-state index is 10.7. The third-order valence-corrected chi connectivity index (χ3v) is 7.41. The maximum absolute atomic E-state index is 10.7. The van der Waals surface area contributed by atoms with E-state index >= 15 is 0 Å². The zero-order chi connectivity index (χ0) is 27.8. The Kier molecular flexibility index (Phi) is 30.3. The van der Waals surface area contributed by atoms with Crippen LogP contribution in [0.15, 0.2) is 24.3 Å². The van der Waals surface area contributed by atoms with Crippen molar-refractivity contribution >= 4 is 11.8 Å². The Morgan fingerprint density at radius 3 is 0.711 bits per heavy atom. The number of nitrogens with two attached hydrogens (primary N) is 2. The van der Waals surface area contributed by atoms with Gasteiger partial charge in [-0.05, 0) is 64.2 Å². The number of amides is 2. The molecule has 0 aromatic rings. The predicted octanol–water partition coefficient (Wildman–Crippen LogP) is 9.99. The third-order valence-electron chi connectivity index (χ3n) is 7.41. The molecule has 0 spiro atoms. The Morgan fingerprint density at radius 1 is 0.316 bits per heavy atom. The average molecular weight is 533 g/mol. The van der Waals surface area contributed by atoms with Crippen molar-refractivity contribution in [3.63, 3.8) is 0 Å². The Morgan fingerprint density at radius 2 is 0.500 bits per heavy atom. The van der Waals surface area contributed by atoms with Crippen molar-refractivity contribution in [3.05, 3.63) is 24.3 Å². The van der Waals surface area contributed by atoms with Gasteiger partial charge in [-0.25, -0.2) is 0 Å². The number of hydrogen-bond acceptors (Lipinski definition) is 2. The Labute approximate surface area is 236 Å². The lowest BCUT2D eigenvalue weighted by Crippen LogP contribution is -2.09. The van der Waals surface area contributed by atoms with Crippen LogP contribution >= 0.6 is 0 Å². The van der Waals surface area contributed by atoms with E-state index in [9.17, 15) is 9.59 Å². The van der Waals surface area contributed by atoms with Crippen LogP contribution in [0, 0.1) is 0 Å². The molecular weight excluding hydrogens is 468 g/mol. The second-order valence-corrected chi connectivity index (χ2v) is 11.3. The van der Waals surface area contributed by atoms with E-state index in [0.29, 0.717) is 12.8 Å². The first-order valence-electron chi connectivity index (χ1n) is 16.5. The molecule has 38 heavy (non-hydrogen) atoms. The van der Waals surface area contributed by atoms with Gasteiger partial charge in [-0.3, -0.25) is 9.59 Å². The standard InChI is InChI=1S/C34H64N2O2/c35-33(37)31-29-27-25-23-21-19-17-15-13-11-9-7-5-3-1-2-4-6-8-10-12-14-16-18-20-22-24-26-28-30-32-34(36)38/h15-18H,1-14,19-32H2,(H2,35,37)(H2,36,38)/b17-15-,18-16-. The van der Waals surface area contributed by atoms with Gasteiger partial charge >= 0.3 is 0 Å². The van der Waals surface area contributed by atoms with Gasteiger partial charge in [0.1, 0.15) is 0 Å². The quantitative estimate of drug-likeness (QED) is 0.0687. The minimum atomic E-state index is -0.166. The zero-order valence-corrected chi connectivity index (χ0v) is 25.1. The summed E-state index contributed by atoms with van der Waals surface area (Å²) in [5.74, 6) is -0.333. The van der Waals surface area contributed by atoms with Crippen LogP contribution in [-0.2, 0) is 9.59 Å². The molecule has 0 atom stereocenters. The van der Waals surface area contributed by atoms with Crippen molar-refractivity contribution < 1.29 is 9.59 Å². The fourth-order valence-electron chi connectivity index (χ4n) is 4.95. The molecule has 0 unspecified atom stereocenters. The summed E-state index contributed by atoms with van der Waals surface area (Å²) in [5, 5.41) is 0. The van der Waals surface area contributed by atoms with Gasteiger partial charge in [-0.15, -0.1) is 0 Å². The highest BCUT2D eigenvalue weighted by atomic mass is 16.1. The summed E-state index contributed by atoms with van der Waals surface area (Å²) in [6.07, 6.45) is 44.0. The molecule has 0 radical (unpaired) electrons. The zero-order valence-electron chi connectivity index (χ0n) is 25.1. The van der Waals surface area contributed by atoms with E-state index < -0.39 is 0 Å². The molecule has 0 bridgehead atoms. The van der Waals surface area contributed by atoms with Gasteiger partial charge in [0, 0.05) is 12.8 Å². The molecule has 0 rings (SSSR count). The van der Waals surface area contributed by atoms with Crippen LogP contribution < -0.4 is 11.5 Å². The fraction of sp³-hybridized carbons (Fsp3) is 0.824. The summed E-state index contributed by atoms with van der Waals surface area (Å²) in [6, 6.07) is 0. The smallest absolute Gasteiger partial charge is 0.217 e. The van der Waals surface area contributed by atoms with E-state index in [1.54, 1.807) is 0 Å². The summed E-state index contributed by atoms with van der Waals surface area (Å²) < 4.78 is 0. The second kappa shape index (κ2) is 31.6. The first-order chi connectivity index (χ1) is 18.6. The normalized spacial score (nSPS) is 11.7. The molecule has 0 aromatic carbocycles. The van der Waals surface area contributed by atoms with Gasteiger partial charge < -0.3 is 11.5 Å². The molecule has 0 saturated carbocycles. The molecule has 4 heteroatoms. The van der Waals surface area contributed by atoms with Gasteiger partial charge in [0.25, 0.3) is 0 Å². The number of unbranched alkanes of at least 4 members (excludes halogenated alkanes) is 23. The molecule has 0 aliphatic heterocycles. The number of hydrogen-bond donors (Lipinski definition) is 2. The van der Waals surface area contributed by atoms with Gasteiger partial charge in [-0.1, -0.05) is 127 Å². The van der Waals surface area contributed by atoms with Crippen molar-refractivity contribution in [2.75, 3.05) is 0 Å². The third kappa shape index (κ3) is 34.4. The van der Waals surface area contributed by atoms with E-state index in [1.807, 2.05) is 0 Å². The summed E-state index contributed by atoms with van der Waals surface area (Å²) in [5.41, 5.74) is 10.3. The molecular formula is C34H64N2O2. The first kappa shape index (κ1) is 36.4. The minimum Gasteiger partial charge on any atom is -0.370 e. The molecule has 4 nitrogen and oxygen atoms in total. The first-order valence-corrected chi connectivity index (χ1v) is 16.5. The SMILES string of the molecule is NC(=O)CCCCCCC/C=C\CCCCCCCCCCCCCC/C=C\CCCCCCCC(N)=O. The van der Waals surface area contributed by atoms with Crippen molar-refractivity contribution in [3.8, 4) is 0 Å². The number of carbonyl (C=O) groups is 2. The average Bonchev–Trinajstić information content (AvgIpc) is 2.89. The lowest BCUT2D eigenvalue weighted by molar-refractivity contribution is -0.119. The Bertz CT molecular complexity index is 521. The van der Waals surface area contributed by atoms with Crippen LogP contribution in [0.4, 0.5) is 0 Å². The summed E-state index contributed by atoms with van der Waals surface area (Å²) in [6.45, 7) is 0. The molecule has 222 valence electrons. The largest absolute Gasteiger partial charge is 0.370 e. The van der Waals surface area contributed by atoms with E-state index in [4.69, 9.17) is 11.5 Å². The predicted molar refractivity (Wildman–Crippen MR) is 166 cm³/mol. The topological polar surface area (TPSA) is 86.2 Å². The molecule has 0 aliphatic rings. The molecule has 2 amide bonds. The maximum Gasteiger partial charge on any atom is 0.217 e. The molecule has 0 aliphatic carbocycles. The number of rotatable bonds is 31. The summed E-state index contributed by atoms with van der Waals surface area (Å²) >= 11 is 0. The lowest BCUT2D eigenvalue weighted by Gasteiger charge is -2.02. The van der Waals surface area contributed by atoms with Gasteiger partial charge in [-0.2, -0.15) is 0 Å². The molecule has 0 fully saturated rings. The van der Waals surface area contributed by atoms with Crippen molar-refractivity contribution in [1.29, 1.82) is 0 Å². The van der Waals surface area contributed by atoms with Crippen molar-refractivity contribution in [2.24, 2.45) is 11.5 Å². The highest BCUT2D eigenvalue weighted by Gasteiger charge is 1.96. The highest BCUT2D eigenvalue weighted by molar-refractivity contribution is 5.73. The second-order valence-electron chi connectivity index (χ2n) is 11.3. The monoisotopic (exact) mass is 532 g/mol. The van der Waals surface area contributed by atoms with E-state index in [-0.39, 0.29) is 11.8 Å². The van der Waals surface area contributed by atoms with Crippen molar-refractivity contribution in [2.45, 2.75) is 180 Å². The molecule has 4 N–H and O–H groups in total. The van der Waals surface area contributed by atoms with Crippen LogP contribution in [0.5, 0.6) is 0 Å². The van der Waals surface area contributed by atoms with Crippen LogP contribution in [0.1, 0.15) is 180 Å². The number of primary amides is 2.